The fraction of sp³-hybridized carbons (Fsp3) is 0.538. The number of halogens is 5. The Hall–Kier alpha value is -1.53. The lowest BCUT2D eigenvalue weighted by atomic mass is 10.1. The minimum atomic E-state index is -4.17. The average Bonchev–Trinajstić information content (AvgIpc) is 2.29. The lowest BCUT2D eigenvalue weighted by molar-refractivity contribution is -0.135. The summed E-state index contributed by atoms with van der Waals surface area (Å²) in [6.45, 7) is -1.26. The van der Waals surface area contributed by atoms with Gasteiger partial charge in [0.25, 0.3) is 0 Å². The standard InChI is InChI=1S/C13H16F5NO/c1-9(5-4-8-13(16,17)18)19-10-6-2-3-7-11(10)20-12(14)15/h2-3,6-7,9,12,19H,4-5,8H2,1H3. The highest BCUT2D eigenvalue weighted by Crippen LogP contribution is 2.27. The Labute approximate surface area is 113 Å². The molecule has 0 spiro atoms. The van der Waals surface area contributed by atoms with Crippen molar-refractivity contribution in [3.63, 3.8) is 0 Å². The minimum absolute atomic E-state index is 0.0183. The smallest absolute Gasteiger partial charge is 0.389 e. The lowest BCUT2D eigenvalue weighted by Crippen LogP contribution is -2.17. The molecule has 0 saturated carbocycles. The molecular weight excluding hydrogens is 281 g/mol. The first-order valence-electron chi connectivity index (χ1n) is 6.15. The molecule has 1 aromatic carbocycles. The first-order valence-corrected chi connectivity index (χ1v) is 6.15. The van der Waals surface area contributed by atoms with Crippen LogP contribution in [0.5, 0.6) is 5.75 Å². The highest BCUT2D eigenvalue weighted by Gasteiger charge is 2.26. The second-order valence-electron chi connectivity index (χ2n) is 4.43. The molecule has 2 nitrogen and oxygen atoms in total. The van der Waals surface area contributed by atoms with Crippen LogP contribution in [-0.2, 0) is 0 Å². The van der Waals surface area contributed by atoms with Crippen molar-refractivity contribution >= 4 is 5.69 Å². The van der Waals surface area contributed by atoms with Crippen molar-refractivity contribution in [3.8, 4) is 5.75 Å². The molecule has 0 radical (unpaired) electrons. The van der Waals surface area contributed by atoms with E-state index in [1.807, 2.05) is 0 Å². The van der Waals surface area contributed by atoms with Crippen LogP contribution in [0.3, 0.4) is 0 Å². The molecule has 1 atom stereocenters. The third-order valence-electron chi connectivity index (χ3n) is 2.60. The molecule has 0 fully saturated rings. The zero-order valence-electron chi connectivity index (χ0n) is 10.9. The second-order valence-corrected chi connectivity index (χ2v) is 4.43. The number of rotatable bonds is 7. The van der Waals surface area contributed by atoms with E-state index in [4.69, 9.17) is 0 Å². The van der Waals surface area contributed by atoms with Gasteiger partial charge < -0.3 is 10.1 Å². The summed E-state index contributed by atoms with van der Waals surface area (Å²) in [5, 5.41) is 2.88. The van der Waals surface area contributed by atoms with Crippen molar-refractivity contribution in [3.05, 3.63) is 24.3 Å². The topological polar surface area (TPSA) is 21.3 Å². The SMILES string of the molecule is CC(CCCC(F)(F)F)Nc1ccccc1OC(F)F. The maximum atomic E-state index is 12.2. The summed E-state index contributed by atoms with van der Waals surface area (Å²) in [5.74, 6) is -0.0230. The zero-order valence-corrected chi connectivity index (χ0v) is 10.9. The first kappa shape index (κ1) is 16.5. The van der Waals surface area contributed by atoms with Gasteiger partial charge in [0.05, 0.1) is 5.69 Å². The van der Waals surface area contributed by atoms with Gasteiger partial charge in [-0.2, -0.15) is 22.0 Å². The van der Waals surface area contributed by atoms with Crippen LogP contribution in [0.25, 0.3) is 0 Å². The van der Waals surface area contributed by atoms with E-state index in [0.29, 0.717) is 5.69 Å². The number of para-hydroxylation sites is 2. The van der Waals surface area contributed by atoms with E-state index < -0.39 is 19.2 Å². The second kappa shape index (κ2) is 7.31. The molecule has 0 amide bonds. The molecule has 114 valence electrons. The van der Waals surface area contributed by atoms with Gasteiger partial charge in [0, 0.05) is 12.5 Å². The molecule has 0 heterocycles. The molecule has 7 heteroatoms. The highest BCUT2D eigenvalue weighted by molar-refractivity contribution is 5.56. The Kier molecular flexibility index (Phi) is 6.04. The summed E-state index contributed by atoms with van der Waals surface area (Å²) in [6, 6.07) is 5.80. The molecule has 1 unspecified atom stereocenters. The number of anilines is 1. The Morgan fingerprint density at radius 1 is 1.20 bits per heavy atom. The van der Waals surface area contributed by atoms with Crippen LogP contribution in [0, 0.1) is 0 Å². The van der Waals surface area contributed by atoms with Crippen LogP contribution in [0.15, 0.2) is 24.3 Å². The molecule has 0 bridgehead atoms. The van der Waals surface area contributed by atoms with E-state index in [1.165, 1.54) is 18.2 Å². The molecule has 0 saturated heterocycles. The fourth-order valence-corrected chi connectivity index (χ4v) is 1.73. The summed E-state index contributed by atoms with van der Waals surface area (Å²) < 4.78 is 64.8. The summed E-state index contributed by atoms with van der Waals surface area (Å²) in [6.07, 6.45) is -4.76. The number of nitrogens with one attached hydrogen (secondary N) is 1. The highest BCUT2D eigenvalue weighted by atomic mass is 19.4. The van der Waals surface area contributed by atoms with Gasteiger partial charge >= 0.3 is 12.8 Å². The van der Waals surface area contributed by atoms with E-state index >= 15 is 0 Å². The third-order valence-corrected chi connectivity index (χ3v) is 2.60. The van der Waals surface area contributed by atoms with E-state index in [1.54, 1.807) is 13.0 Å². The molecule has 1 aromatic rings. The van der Waals surface area contributed by atoms with Gasteiger partial charge in [0.1, 0.15) is 5.75 Å². The molecule has 0 aliphatic carbocycles. The van der Waals surface area contributed by atoms with Crippen molar-refractivity contribution in [2.45, 2.75) is 45.0 Å². The van der Waals surface area contributed by atoms with Crippen LogP contribution in [0.1, 0.15) is 26.2 Å². The van der Waals surface area contributed by atoms with Gasteiger partial charge in [0.2, 0.25) is 0 Å². The molecule has 1 N–H and O–H groups in total. The maximum absolute atomic E-state index is 12.2. The lowest BCUT2D eigenvalue weighted by Gasteiger charge is -2.18. The van der Waals surface area contributed by atoms with Crippen molar-refractivity contribution in [1.82, 2.24) is 0 Å². The number of ether oxygens (including phenoxy) is 1. The van der Waals surface area contributed by atoms with E-state index in [2.05, 4.69) is 10.1 Å². The van der Waals surface area contributed by atoms with E-state index in [-0.39, 0.29) is 24.6 Å². The minimum Gasteiger partial charge on any atom is -0.433 e. The quantitative estimate of drug-likeness (QED) is 0.728. The van der Waals surface area contributed by atoms with Gasteiger partial charge in [-0.3, -0.25) is 0 Å². The average molecular weight is 297 g/mol. The summed E-state index contributed by atoms with van der Waals surface area (Å²) in [4.78, 5) is 0. The summed E-state index contributed by atoms with van der Waals surface area (Å²) in [7, 11) is 0. The zero-order chi connectivity index (χ0) is 15.2. The van der Waals surface area contributed by atoms with Crippen LogP contribution in [0.4, 0.5) is 27.6 Å². The summed E-state index contributed by atoms with van der Waals surface area (Å²) >= 11 is 0. The van der Waals surface area contributed by atoms with Gasteiger partial charge in [0.15, 0.2) is 0 Å². The van der Waals surface area contributed by atoms with Crippen LogP contribution < -0.4 is 10.1 Å². The predicted molar refractivity (Wildman–Crippen MR) is 66.1 cm³/mol. The summed E-state index contributed by atoms with van der Waals surface area (Å²) in [5.41, 5.74) is 0.340. The van der Waals surface area contributed by atoms with Crippen molar-refractivity contribution in [2.24, 2.45) is 0 Å². The fourth-order valence-electron chi connectivity index (χ4n) is 1.73. The van der Waals surface area contributed by atoms with Gasteiger partial charge in [-0.15, -0.1) is 0 Å². The Morgan fingerprint density at radius 2 is 1.85 bits per heavy atom. The molecule has 20 heavy (non-hydrogen) atoms. The molecule has 0 aromatic heterocycles. The number of hydrogen-bond acceptors (Lipinski definition) is 2. The maximum Gasteiger partial charge on any atom is 0.389 e. The molecule has 1 rings (SSSR count). The van der Waals surface area contributed by atoms with Crippen molar-refractivity contribution in [2.75, 3.05) is 5.32 Å². The Bertz CT molecular complexity index is 408. The van der Waals surface area contributed by atoms with Crippen LogP contribution >= 0.6 is 0 Å². The number of alkyl halides is 5. The van der Waals surface area contributed by atoms with Gasteiger partial charge in [-0.1, -0.05) is 12.1 Å². The molecular formula is C13H16F5NO. The Morgan fingerprint density at radius 3 is 2.45 bits per heavy atom. The van der Waals surface area contributed by atoms with Crippen LogP contribution in [-0.4, -0.2) is 18.8 Å². The van der Waals surface area contributed by atoms with Gasteiger partial charge in [-0.05, 0) is 31.9 Å². The molecule has 0 aliphatic rings. The number of hydrogen-bond donors (Lipinski definition) is 1. The molecule has 0 aliphatic heterocycles. The largest absolute Gasteiger partial charge is 0.433 e. The van der Waals surface area contributed by atoms with Gasteiger partial charge in [-0.25, -0.2) is 0 Å². The third kappa shape index (κ3) is 6.58. The van der Waals surface area contributed by atoms with E-state index in [9.17, 15) is 22.0 Å². The number of benzene rings is 1. The van der Waals surface area contributed by atoms with E-state index in [0.717, 1.165) is 0 Å². The monoisotopic (exact) mass is 297 g/mol. The van der Waals surface area contributed by atoms with Crippen molar-refractivity contribution < 1.29 is 26.7 Å². The predicted octanol–water partition coefficient (Wildman–Crippen LogP) is 4.82. The van der Waals surface area contributed by atoms with Crippen LogP contribution in [0.2, 0.25) is 0 Å². The normalized spacial score (nSPS) is 13.3. The van der Waals surface area contributed by atoms with Crippen molar-refractivity contribution in [1.29, 1.82) is 0 Å². The first-order chi connectivity index (χ1) is 9.28. The Balaban J connectivity index is 2.51.